The van der Waals surface area contributed by atoms with Gasteiger partial charge < -0.3 is 19.6 Å². The summed E-state index contributed by atoms with van der Waals surface area (Å²) in [6, 6.07) is 0. The van der Waals surface area contributed by atoms with Gasteiger partial charge in [0.2, 0.25) is 11.8 Å². The van der Waals surface area contributed by atoms with Crippen molar-refractivity contribution in [3.63, 3.8) is 0 Å². The summed E-state index contributed by atoms with van der Waals surface area (Å²) in [5.41, 5.74) is 1.19. The molecule has 1 atom stereocenters. The fraction of sp³-hybridized carbons (Fsp3) is 0.762. The molecule has 29 heavy (non-hydrogen) atoms. The summed E-state index contributed by atoms with van der Waals surface area (Å²) in [6.45, 7) is 12.2. The molecule has 7 nitrogen and oxygen atoms in total. The average molecular weight is 420 g/mol. The van der Waals surface area contributed by atoms with Gasteiger partial charge in [-0.25, -0.2) is 4.98 Å². The Morgan fingerprint density at radius 1 is 1.00 bits per heavy atom. The van der Waals surface area contributed by atoms with E-state index in [1.54, 1.807) is 11.3 Å². The second kappa shape index (κ2) is 9.00. The fourth-order valence-corrected chi connectivity index (χ4v) is 5.86. The van der Waals surface area contributed by atoms with Crippen LogP contribution in [0.3, 0.4) is 0 Å². The van der Waals surface area contributed by atoms with Crippen LogP contribution in [0.4, 0.5) is 5.13 Å². The van der Waals surface area contributed by atoms with Crippen LogP contribution in [0.15, 0.2) is 0 Å². The number of thiazole rings is 1. The number of aromatic nitrogens is 1. The van der Waals surface area contributed by atoms with E-state index in [1.165, 1.54) is 10.6 Å². The molecule has 0 saturated carbocycles. The molecule has 0 spiro atoms. The first-order chi connectivity index (χ1) is 14.1. The number of anilines is 1. The van der Waals surface area contributed by atoms with Crippen LogP contribution in [0.5, 0.6) is 0 Å². The SMILES string of the molecule is CCC(=O)N1CCN(c2nc3c(s2)CC(C(=O)N2CCN(CC)CC2)CC3)CC1. The third kappa shape index (κ3) is 4.43. The van der Waals surface area contributed by atoms with Crippen molar-refractivity contribution in [1.82, 2.24) is 19.7 Å². The zero-order valence-corrected chi connectivity index (χ0v) is 18.5. The van der Waals surface area contributed by atoms with E-state index in [1.807, 2.05) is 11.8 Å². The molecule has 0 N–H and O–H groups in total. The Kier molecular flexibility index (Phi) is 6.39. The fourth-order valence-electron chi connectivity index (χ4n) is 4.62. The highest BCUT2D eigenvalue weighted by Crippen LogP contribution is 2.35. The Morgan fingerprint density at radius 3 is 2.34 bits per heavy atom. The number of carbonyl (C=O) groups excluding carboxylic acids is 2. The van der Waals surface area contributed by atoms with Gasteiger partial charge in [0.1, 0.15) is 0 Å². The number of nitrogens with zero attached hydrogens (tertiary/aromatic N) is 5. The zero-order chi connectivity index (χ0) is 20.4. The molecule has 2 fully saturated rings. The zero-order valence-electron chi connectivity index (χ0n) is 17.7. The van der Waals surface area contributed by atoms with Gasteiger partial charge in [-0.1, -0.05) is 13.8 Å². The first kappa shape index (κ1) is 20.6. The minimum Gasteiger partial charge on any atom is -0.345 e. The third-order valence-corrected chi connectivity index (χ3v) is 7.79. The number of carbonyl (C=O) groups is 2. The van der Waals surface area contributed by atoms with E-state index in [4.69, 9.17) is 4.98 Å². The average Bonchev–Trinajstić information content (AvgIpc) is 3.21. The maximum absolute atomic E-state index is 13.0. The maximum atomic E-state index is 13.0. The summed E-state index contributed by atoms with van der Waals surface area (Å²) >= 11 is 1.76. The van der Waals surface area contributed by atoms with Crippen molar-refractivity contribution in [2.24, 2.45) is 5.92 Å². The van der Waals surface area contributed by atoms with Gasteiger partial charge in [-0.05, 0) is 25.8 Å². The number of amides is 2. The molecule has 2 amide bonds. The minimum absolute atomic E-state index is 0.114. The second-order valence-corrected chi connectivity index (χ2v) is 9.35. The van der Waals surface area contributed by atoms with E-state index >= 15 is 0 Å². The van der Waals surface area contributed by atoms with Gasteiger partial charge in [-0.3, -0.25) is 9.59 Å². The topological polar surface area (TPSA) is 60.0 Å². The van der Waals surface area contributed by atoms with Crippen molar-refractivity contribution in [3.05, 3.63) is 10.6 Å². The van der Waals surface area contributed by atoms with E-state index in [0.717, 1.165) is 83.3 Å². The molecule has 3 heterocycles. The predicted octanol–water partition coefficient (Wildman–Crippen LogP) is 1.47. The summed E-state index contributed by atoms with van der Waals surface area (Å²) in [5, 5.41) is 1.07. The highest BCUT2D eigenvalue weighted by molar-refractivity contribution is 7.15. The lowest BCUT2D eigenvalue weighted by molar-refractivity contribution is -0.137. The number of hydrogen-bond acceptors (Lipinski definition) is 6. The monoisotopic (exact) mass is 419 g/mol. The van der Waals surface area contributed by atoms with E-state index in [0.29, 0.717) is 12.3 Å². The van der Waals surface area contributed by atoms with Gasteiger partial charge in [-0.15, -0.1) is 11.3 Å². The molecule has 2 saturated heterocycles. The van der Waals surface area contributed by atoms with Gasteiger partial charge in [-0.2, -0.15) is 0 Å². The van der Waals surface area contributed by atoms with Crippen molar-refractivity contribution in [3.8, 4) is 0 Å². The van der Waals surface area contributed by atoms with Crippen LogP contribution < -0.4 is 4.90 Å². The minimum atomic E-state index is 0.114. The first-order valence-corrected chi connectivity index (χ1v) is 11.9. The molecule has 1 aromatic rings. The van der Waals surface area contributed by atoms with Crippen LogP contribution in [0.25, 0.3) is 0 Å². The van der Waals surface area contributed by atoms with Crippen LogP contribution in [-0.4, -0.2) is 90.4 Å². The van der Waals surface area contributed by atoms with Gasteiger partial charge in [0.15, 0.2) is 5.13 Å². The van der Waals surface area contributed by atoms with Gasteiger partial charge in [0.05, 0.1) is 5.69 Å². The van der Waals surface area contributed by atoms with Crippen LogP contribution in [0, 0.1) is 5.92 Å². The number of fused-ring (bicyclic) bond motifs is 1. The molecule has 1 aliphatic carbocycles. The largest absolute Gasteiger partial charge is 0.345 e. The smallest absolute Gasteiger partial charge is 0.226 e. The third-order valence-electron chi connectivity index (χ3n) is 6.61. The molecule has 0 bridgehead atoms. The molecule has 2 aliphatic heterocycles. The molecule has 0 aromatic carbocycles. The predicted molar refractivity (Wildman–Crippen MR) is 115 cm³/mol. The Hall–Kier alpha value is -1.67. The molecule has 1 aromatic heterocycles. The summed E-state index contributed by atoms with van der Waals surface area (Å²) < 4.78 is 0. The molecule has 3 aliphatic rings. The van der Waals surface area contributed by atoms with Crippen molar-refractivity contribution in [2.75, 3.05) is 63.8 Å². The summed E-state index contributed by atoms with van der Waals surface area (Å²) in [6.07, 6.45) is 3.25. The van der Waals surface area contributed by atoms with E-state index in [9.17, 15) is 9.59 Å². The summed E-state index contributed by atoms with van der Waals surface area (Å²) in [7, 11) is 0. The van der Waals surface area contributed by atoms with Crippen molar-refractivity contribution in [1.29, 1.82) is 0 Å². The van der Waals surface area contributed by atoms with Crippen molar-refractivity contribution < 1.29 is 9.59 Å². The van der Waals surface area contributed by atoms with Gasteiger partial charge in [0, 0.05) is 69.6 Å². The van der Waals surface area contributed by atoms with Gasteiger partial charge >= 0.3 is 0 Å². The molecule has 4 rings (SSSR count). The van der Waals surface area contributed by atoms with Crippen molar-refractivity contribution >= 4 is 28.3 Å². The molecule has 0 radical (unpaired) electrons. The Balaban J connectivity index is 1.34. The van der Waals surface area contributed by atoms with Crippen LogP contribution >= 0.6 is 11.3 Å². The lowest BCUT2D eigenvalue weighted by Gasteiger charge is -2.36. The van der Waals surface area contributed by atoms with Crippen molar-refractivity contribution in [2.45, 2.75) is 39.5 Å². The second-order valence-electron chi connectivity index (χ2n) is 8.29. The highest BCUT2D eigenvalue weighted by Gasteiger charge is 2.32. The summed E-state index contributed by atoms with van der Waals surface area (Å²) in [4.78, 5) is 39.9. The Labute approximate surface area is 177 Å². The number of hydrogen-bond donors (Lipinski definition) is 0. The molecule has 1 unspecified atom stereocenters. The molecular formula is C21H33N5O2S. The Bertz CT molecular complexity index is 735. The highest BCUT2D eigenvalue weighted by atomic mass is 32.1. The van der Waals surface area contributed by atoms with Crippen LogP contribution in [0.1, 0.15) is 37.3 Å². The summed E-state index contributed by atoms with van der Waals surface area (Å²) in [5.74, 6) is 0.695. The van der Waals surface area contributed by atoms with E-state index in [2.05, 4.69) is 21.6 Å². The van der Waals surface area contributed by atoms with Gasteiger partial charge in [0.25, 0.3) is 0 Å². The van der Waals surface area contributed by atoms with E-state index < -0.39 is 0 Å². The number of rotatable bonds is 4. The van der Waals surface area contributed by atoms with Crippen LogP contribution in [-0.2, 0) is 22.4 Å². The first-order valence-electron chi connectivity index (χ1n) is 11.1. The van der Waals surface area contributed by atoms with Crippen LogP contribution in [0.2, 0.25) is 0 Å². The number of likely N-dealkylation sites (N-methyl/N-ethyl adjacent to an activating group) is 1. The number of aryl methyl sites for hydroxylation is 1. The molecule has 8 heteroatoms. The molecule has 160 valence electrons. The molecular weight excluding hydrogens is 386 g/mol. The lowest BCUT2D eigenvalue weighted by Crippen LogP contribution is -2.50. The normalized spacial score (nSPS) is 23.2. The lowest BCUT2D eigenvalue weighted by atomic mass is 9.90. The maximum Gasteiger partial charge on any atom is 0.226 e. The number of piperazine rings is 2. The Morgan fingerprint density at radius 2 is 1.69 bits per heavy atom. The van der Waals surface area contributed by atoms with E-state index in [-0.39, 0.29) is 11.8 Å². The standard InChI is InChI=1S/C21H33N5O2S/c1-3-19(27)24-11-13-26(14-12-24)21-22-17-6-5-16(15-18(17)29-21)20(28)25-9-7-23(4-2)8-10-25/h16H,3-15H2,1-2H3. The quantitative estimate of drug-likeness (QED) is 0.740.